The molecule has 2 aliphatic heterocycles. The normalized spacial score (nSPS) is 28.2. The minimum Gasteiger partial charge on any atom is -0.496 e. The molecular weight excluding hydrogens is 388 g/mol. The van der Waals surface area contributed by atoms with Gasteiger partial charge in [-0.15, -0.1) is 11.8 Å². The predicted molar refractivity (Wildman–Crippen MR) is 107 cm³/mol. The molecule has 0 saturated carbocycles. The summed E-state index contributed by atoms with van der Waals surface area (Å²) in [6, 6.07) is 4.36. The largest absolute Gasteiger partial charge is 0.496 e. The second-order valence-corrected chi connectivity index (χ2v) is 9.34. The van der Waals surface area contributed by atoms with Crippen LogP contribution >= 0.6 is 24.0 Å². The van der Waals surface area contributed by atoms with Gasteiger partial charge in [0.15, 0.2) is 0 Å². The van der Waals surface area contributed by atoms with Crippen molar-refractivity contribution < 1.29 is 24.2 Å². The summed E-state index contributed by atoms with van der Waals surface area (Å²) in [6.07, 6.45) is 0. The van der Waals surface area contributed by atoms with E-state index < -0.39 is 22.3 Å². The van der Waals surface area contributed by atoms with Gasteiger partial charge in [-0.25, -0.2) is 4.79 Å². The van der Waals surface area contributed by atoms with Gasteiger partial charge in [-0.05, 0) is 32.9 Å². The molecular formula is C18H22N2O5S2. The summed E-state index contributed by atoms with van der Waals surface area (Å²) < 4.78 is 10.1. The standard InChI is InChI=1S/C18H22N2O5S2/c1-17(2)12(14(22)23)20-15(26)18(3,16(20)27-17)19-13(21)11-9(24-4)7-6-8-10(11)25-5/h6-8,12,16H,1-5H3,(H,19,21)(H,22,23)/t12-,16+,18-/m0/s1. The number of carboxylic acid groups (broad SMARTS) is 1. The molecule has 0 spiro atoms. The Morgan fingerprint density at radius 2 is 1.78 bits per heavy atom. The molecule has 0 unspecified atom stereocenters. The molecule has 0 bridgehead atoms. The average molecular weight is 411 g/mol. The van der Waals surface area contributed by atoms with Gasteiger partial charge in [0.05, 0.1) is 14.2 Å². The topological polar surface area (TPSA) is 88.1 Å². The zero-order valence-corrected chi connectivity index (χ0v) is 17.4. The van der Waals surface area contributed by atoms with E-state index in [9.17, 15) is 14.7 Å². The molecule has 1 aromatic rings. The molecule has 2 fully saturated rings. The summed E-state index contributed by atoms with van der Waals surface area (Å²) in [5, 5.41) is 12.3. The number of benzene rings is 1. The van der Waals surface area contributed by atoms with Gasteiger partial charge in [-0.1, -0.05) is 18.3 Å². The van der Waals surface area contributed by atoms with Crippen LogP contribution in [0.3, 0.4) is 0 Å². The quantitative estimate of drug-likeness (QED) is 0.714. The molecule has 2 aliphatic rings. The summed E-state index contributed by atoms with van der Waals surface area (Å²) in [5.74, 6) is -0.524. The van der Waals surface area contributed by atoms with E-state index >= 15 is 0 Å². The zero-order chi connectivity index (χ0) is 20.1. The van der Waals surface area contributed by atoms with Crippen molar-refractivity contribution in [1.29, 1.82) is 0 Å². The Morgan fingerprint density at radius 3 is 2.26 bits per heavy atom. The number of carboxylic acids is 1. The van der Waals surface area contributed by atoms with Gasteiger partial charge in [-0.3, -0.25) is 4.79 Å². The monoisotopic (exact) mass is 410 g/mol. The SMILES string of the molecule is COc1cccc(OC)c1C(=O)N[C@@]1(C)C(=S)N2[C@@H](C(=O)O)C(C)(C)S[C@@H]21. The van der Waals surface area contributed by atoms with Crippen molar-refractivity contribution in [1.82, 2.24) is 10.2 Å². The molecule has 9 heteroatoms. The van der Waals surface area contributed by atoms with Crippen LogP contribution < -0.4 is 14.8 Å². The summed E-state index contributed by atoms with van der Waals surface area (Å²) >= 11 is 7.02. The molecule has 27 heavy (non-hydrogen) atoms. The minimum absolute atomic E-state index is 0.259. The van der Waals surface area contributed by atoms with Crippen LogP contribution in [0.15, 0.2) is 18.2 Å². The molecule has 3 atom stereocenters. The molecule has 1 amide bonds. The summed E-state index contributed by atoms with van der Waals surface area (Å²) in [5.41, 5.74) is -0.563. The van der Waals surface area contributed by atoms with E-state index in [1.807, 2.05) is 20.8 Å². The van der Waals surface area contributed by atoms with Gasteiger partial charge in [0.25, 0.3) is 5.91 Å². The van der Waals surface area contributed by atoms with E-state index in [1.165, 1.54) is 26.0 Å². The number of methoxy groups -OCH3 is 2. The smallest absolute Gasteiger partial charge is 0.327 e. The number of nitrogens with one attached hydrogen (secondary N) is 1. The molecule has 2 heterocycles. The lowest BCUT2D eigenvalue weighted by molar-refractivity contribution is -0.143. The zero-order valence-electron chi connectivity index (χ0n) is 15.7. The van der Waals surface area contributed by atoms with E-state index in [4.69, 9.17) is 21.7 Å². The van der Waals surface area contributed by atoms with Crippen LogP contribution in [-0.2, 0) is 4.79 Å². The number of nitrogens with zero attached hydrogens (tertiary/aromatic N) is 1. The van der Waals surface area contributed by atoms with E-state index in [0.29, 0.717) is 16.5 Å². The number of rotatable bonds is 5. The maximum absolute atomic E-state index is 13.0. The van der Waals surface area contributed by atoms with E-state index in [2.05, 4.69) is 5.32 Å². The van der Waals surface area contributed by atoms with Crippen LogP contribution in [0.5, 0.6) is 11.5 Å². The first-order chi connectivity index (χ1) is 12.6. The Hall–Kier alpha value is -2.00. The third kappa shape index (κ3) is 2.84. The van der Waals surface area contributed by atoms with Gasteiger partial charge >= 0.3 is 5.97 Å². The first kappa shape index (κ1) is 19.8. The predicted octanol–water partition coefficient (Wildman–Crippen LogP) is 2.14. The summed E-state index contributed by atoms with van der Waals surface area (Å²) in [6.45, 7) is 5.58. The molecule has 2 N–H and O–H groups in total. The lowest BCUT2D eigenvalue weighted by Crippen LogP contribution is -2.77. The number of hydrogen-bond acceptors (Lipinski definition) is 6. The van der Waals surface area contributed by atoms with Gasteiger partial charge in [0, 0.05) is 4.75 Å². The van der Waals surface area contributed by atoms with Crippen LogP contribution in [0.25, 0.3) is 0 Å². The highest BCUT2D eigenvalue weighted by Gasteiger charge is 2.67. The maximum Gasteiger partial charge on any atom is 0.327 e. The number of ether oxygens (including phenoxy) is 2. The third-order valence-electron chi connectivity index (χ3n) is 5.04. The molecule has 7 nitrogen and oxygen atoms in total. The van der Waals surface area contributed by atoms with Crippen LogP contribution in [0.4, 0.5) is 0 Å². The fourth-order valence-corrected chi connectivity index (χ4v) is 5.89. The molecule has 1 aromatic carbocycles. The number of aliphatic carboxylic acids is 1. The average Bonchev–Trinajstić information content (AvgIpc) is 2.90. The van der Waals surface area contributed by atoms with Gasteiger partial charge in [0.2, 0.25) is 0 Å². The van der Waals surface area contributed by atoms with Crippen LogP contribution in [0.1, 0.15) is 31.1 Å². The van der Waals surface area contributed by atoms with Gasteiger partial charge in [-0.2, -0.15) is 0 Å². The molecule has 146 valence electrons. The van der Waals surface area contributed by atoms with E-state index in [1.54, 1.807) is 23.1 Å². The molecule has 0 aliphatic carbocycles. The van der Waals surface area contributed by atoms with Crippen LogP contribution in [0.2, 0.25) is 0 Å². The van der Waals surface area contributed by atoms with Gasteiger partial charge in [0.1, 0.15) is 39.0 Å². The number of carbonyl (C=O) groups excluding carboxylic acids is 1. The second-order valence-electron chi connectivity index (χ2n) is 7.22. The lowest BCUT2D eigenvalue weighted by Gasteiger charge is -2.54. The highest BCUT2D eigenvalue weighted by Crippen LogP contribution is 2.55. The Kier molecular flexibility index (Phi) is 4.80. The first-order valence-corrected chi connectivity index (χ1v) is 9.64. The van der Waals surface area contributed by atoms with E-state index in [-0.39, 0.29) is 16.8 Å². The fraction of sp³-hybridized carbons (Fsp3) is 0.500. The Bertz CT molecular complexity index is 806. The minimum atomic E-state index is -0.919. The highest BCUT2D eigenvalue weighted by atomic mass is 32.2. The van der Waals surface area contributed by atoms with Crippen LogP contribution in [-0.4, -0.2) is 62.8 Å². The molecule has 3 rings (SSSR count). The Morgan fingerprint density at radius 1 is 1.22 bits per heavy atom. The maximum atomic E-state index is 13.0. The number of carbonyl (C=O) groups is 2. The van der Waals surface area contributed by atoms with E-state index in [0.717, 1.165) is 0 Å². The fourth-order valence-electron chi connectivity index (χ4n) is 3.71. The van der Waals surface area contributed by atoms with Crippen molar-refractivity contribution in [2.45, 2.75) is 42.5 Å². The number of amides is 1. The van der Waals surface area contributed by atoms with Crippen molar-refractivity contribution in [2.24, 2.45) is 0 Å². The Balaban J connectivity index is 1.91. The first-order valence-electron chi connectivity index (χ1n) is 8.35. The van der Waals surface area contributed by atoms with Crippen molar-refractivity contribution >= 4 is 40.8 Å². The third-order valence-corrected chi connectivity index (χ3v) is 7.43. The Labute approximate surface area is 167 Å². The number of hydrogen-bond donors (Lipinski definition) is 2. The number of fused-ring (bicyclic) bond motifs is 1. The number of thiocarbonyl (C=S) groups is 1. The molecule has 0 aromatic heterocycles. The highest BCUT2D eigenvalue weighted by molar-refractivity contribution is 8.02. The summed E-state index contributed by atoms with van der Waals surface area (Å²) in [4.78, 5) is 26.9. The number of thioether (sulfide) groups is 1. The van der Waals surface area contributed by atoms with Crippen molar-refractivity contribution in [3.63, 3.8) is 0 Å². The van der Waals surface area contributed by atoms with Crippen LogP contribution in [0, 0.1) is 0 Å². The van der Waals surface area contributed by atoms with Crippen molar-refractivity contribution in [2.75, 3.05) is 14.2 Å². The summed E-state index contributed by atoms with van der Waals surface area (Å²) in [7, 11) is 2.96. The second kappa shape index (κ2) is 6.56. The molecule has 2 saturated heterocycles. The van der Waals surface area contributed by atoms with Crippen molar-refractivity contribution in [3.8, 4) is 11.5 Å². The van der Waals surface area contributed by atoms with Crippen molar-refractivity contribution in [3.05, 3.63) is 23.8 Å². The molecule has 0 radical (unpaired) electrons. The van der Waals surface area contributed by atoms with Gasteiger partial charge < -0.3 is 24.8 Å². The lowest BCUT2D eigenvalue weighted by atomic mass is 9.86.